The number of carbonyl (C=O) groups is 1. The van der Waals surface area contributed by atoms with Gasteiger partial charge in [-0.15, -0.1) is 0 Å². The van der Waals surface area contributed by atoms with Crippen LogP contribution in [-0.2, 0) is 16.1 Å². The molecule has 0 N–H and O–H groups in total. The van der Waals surface area contributed by atoms with Crippen LogP contribution in [0.2, 0.25) is 0 Å². The molecule has 0 saturated carbocycles. The van der Waals surface area contributed by atoms with Gasteiger partial charge in [0, 0.05) is 0 Å². The van der Waals surface area contributed by atoms with Crippen LogP contribution in [0.1, 0.15) is 11.1 Å². The Balaban J connectivity index is 3.02. The van der Waals surface area contributed by atoms with Crippen molar-refractivity contribution in [2.45, 2.75) is 13.5 Å². The molecule has 0 radical (unpaired) electrons. The highest BCUT2D eigenvalue weighted by atomic mass is 16.5. The van der Waals surface area contributed by atoms with Crippen molar-refractivity contribution in [1.82, 2.24) is 0 Å². The average molecular weight is 210 g/mol. The van der Waals surface area contributed by atoms with Crippen LogP contribution in [0.15, 0.2) is 12.1 Å². The van der Waals surface area contributed by atoms with Crippen molar-refractivity contribution in [1.29, 1.82) is 0 Å². The lowest BCUT2D eigenvalue weighted by Gasteiger charge is -2.11. The summed E-state index contributed by atoms with van der Waals surface area (Å²) < 4.78 is 15.0. The molecule has 0 spiro atoms. The lowest BCUT2D eigenvalue weighted by Crippen LogP contribution is -1.97. The SMILES string of the molecule is COc1cc(C)c(COC=O)cc1OC. The number of aryl methyl sites for hydroxylation is 1. The van der Waals surface area contributed by atoms with E-state index in [1.807, 2.05) is 13.0 Å². The number of methoxy groups -OCH3 is 2. The first-order chi connectivity index (χ1) is 7.22. The normalized spacial score (nSPS) is 9.53. The summed E-state index contributed by atoms with van der Waals surface area (Å²) in [5, 5.41) is 0. The standard InChI is InChI=1S/C11H14O4/c1-8-4-10(13-2)11(14-3)5-9(8)6-15-7-12/h4-5,7H,6H2,1-3H3. The molecule has 4 heteroatoms. The van der Waals surface area contributed by atoms with Crippen LogP contribution in [0.5, 0.6) is 11.5 Å². The molecule has 0 aliphatic heterocycles. The van der Waals surface area contributed by atoms with Gasteiger partial charge in [0.15, 0.2) is 11.5 Å². The zero-order chi connectivity index (χ0) is 11.3. The Morgan fingerprint density at radius 3 is 2.33 bits per heavy atom. The minimum atomic E-state index is 0.246. The van der Waals surface area contributed by atoms with Gasteiger partial charge in [-0.25, -0.2) is 0 Å². The first-order valence-corrected chi connectivity index (χ1v) is 4.49. The van der Waals surface area contributed by atoms with Gasteiger partial charge in [-0.05, 0) is 30.2 Å². The Bertz CT molecular complexity index is 347. The Morgan fingerprint density at radius 1 is 1.20 bits per heavy atom. The van der Waals surface area contributed by atoms with Gasteiger partial charge in [0.25, 0.3) is 6.47 Å². The molecular formula is C11H14O4. The Kier molecular flexibility index (Phi) is 3.97. The number of carbonyl (C=O) groups excluding carboxylic acids is 1. The van der Waals surface area contributed by atoms with Crippen LogP contribution >= 0.6 is 0 Å². The van der Waals surface area contributed by atoms with Crippen molar-refractivity contribution in [3.05, 3.63) is 23.3 Å². The summed E-state index contributed by atoms with van der Waals surface area (Å²) in [6, 6.07) is 3.65. The maximum Gasteiger partial charge on any atom is 0.293 e. The Morgan fingerprint density at radius 2 is 1.80 bits per heavy atom. The fraction of sp³-hybridized carbons (Fsp3) is 0.364. The van der Waals surface area contributed by atoms with E-state index >= 15 is 0 Å². The number of rotatable bonds is 5. The van der Waals surface area contributed by atoms with Crippen molar-refractivity contribution in [3.8, 4) is 11.5 Å². The molecule has 0 aliphatic carbocycles. The molecule has 1 rings (SSSR count). The summed E-state index contributed by atoms with van der Waals surface area (Å²) in [4.78, 5) is 10.1. The summed E-state index contributed by atoms with van der Waals surface area (Å²) >= 11 is 0. The quantitative estimate of drug-likeness (QED) is 0.694. The van der Waals surface area contributed by atoms with E-state index in [2.05, 4.69) is 0 Å². The second kappa shape index (κ2) is 5.24. The number of hydrogen-bond acceptors (Lipinski definition) is 4. The molecule has 0 saturated heterocycles. The number of hydrogen-bond donors (Lipinski definition) is 0. The Labute approximate surface area is 88.8 Å². The van der Waals surface area contributed by atoms with Gasteiger partial charge >= 0.3 is 0 Å². The zero-order valence-electron chi connectivity index (χ0n) is 9.07. The molecule has 82 valence electrons. The Hall–Kier alpha value is -1.71. The van der Waals surface area contributed by atoms with Gasteiger partial charge in [-0.2, -0.15) is 0 Å². The average Bonchev–Trinajstić information content (AvgIpc) is 2.27. The highest BCUT2D eigenvalue weighted by molar-refractivity contribution is 5.47. The second-order valence-electron chi connectivity index (χ2n) is 3.04. The van der Waals surface area contributed by atoms with Crippen molar-refractivity contribution < 1.29 is 19.0 Å². The van der Waals surface area contributed by atoms with Gasteiger partial charge in [0.1, 0.15) is 6.61 Å². The van der Waals surface area contributed by atoms with Gasteiger partial charge in [0.05, 0.1) is 14.2 Å². The molecular weight excluding hydrogens is 196 g/mol. The third-order valence-electron chi connectivity index (χ3n) is 2.15. The van der Waals surface area contributed by atoms with E-state index in [4.69, 9.17) is 14.2 Å². The smallest absolute Gasteiger partial charge is 0.293 e. The third-order valence-corrected chi connectivity index (χ3v) is 2.15. The molecule has 0 aromatic heterocycles. The van der Waals surface area contributed by atoms with Gasteiger partial charge in [0.2, 0.25) is 0 Å². The van der Waals surface area contributed by atoms with Crippen LogP contribution in [0.3, 0.4) is 0 Å². The highest BCUT2D eigenvalue weighted by Gasteiger charge is 2.08. The van der Waals surface area contributed by atoms with Crippen LogP contribution in [0, 0.1) is 6.92 Å². The minimum Gasteiger partial charge on any atom is -0.493 e. The lowest BCUT2D eigenvalue weighted by molar-refractivity contribution is -0.129. The summed E-state index contributed by atoms with van der Waals surface area (Å²) in [6.45, 7) is 2.59. The first kappa shape index (κ1) is 11.4. The van der Waals surface area contributed by atoms with Crippen LogP contribution < -0.4 is 9.47 Å². The molecule has 1 aromatic carbocycles. The first-order valence-electron chi connectivity index (χ1n) is 4.49. The predicted molar refractivity (Wildman–Crippen MR) is 55.1 cm³/mol. The highest BCUT2D eigenvalue weighted by Crippen LogP contribution is 2.30. The van der Waals surface area contributed by atoms with Crippen LogP contribution in [0.4, 0.5) is 0 Å². The van der Waals surface area contributed by atoms with E-state index in [-0.39, 0.29) is 6.61 Å². The van der Waals surface area contributed by atoms with Gasteiger partial charge in [-0.3, -0.25) is 4.79 Å². The van der Waals surface area contributed by atoms with Gasteiger partial charge in [-0.1, -0.05) is 0 Å². The van der Waals surface area contributed by atoms with Gasteiger partial charge < -0.3 is 14.2 Å². The van der Waals surface area contributed by atoms with E-state index < -0.39 is 0 Å². The van der Waals surface area contributed by atoms with Crippen molar-refractivity contribution >= 4 is 6.47 Å². The fourth-order valence-corrected chi connectivity index (χ4v) is 1.30. The predicted octanol–water partition coefficient (Wildman–Crippen LogP) is 1.69. The molecule has 0 unspecified atom stereocenters. The molecule has 0 bridgehead atoms. The molecule has 0 amide bonds. The zero-order valence-corrected chi connectivity index (χ0v) is 9.07. The maximum atomic E-state index is 10.1. The van der Waals surface area contributed by atoms with Crippen molar-refractivity contribution in [3.63, 3.8) is 0 Å². The number of ether oxygens (including phenoxy) is 3. The van der Waals surface area contributed by atoms with Crippen molar-refractivity contribution in [2.75, 3.05) is 14.2 Å². The molecule has 0 fully saturated rings. The van der Waals surface area contributed by atoms with Crippen molar-refractivity contribution in [2.24, 2.45) is 0 Å². The van der Waals surface area contributed by atoms with E-state index in [1.165, 1.54) is 0 Å². The summed E-state index contributed by atoms with van der Waals surface area (Å²) in [6.07, 6.45) is 0. The third kappa shape index (κ3) is 2.62. The summed E-state index contributed by atoms with van der Waals surface area (Å²) in [5.74, 6) is 1.30. The molecule has 4 nitrogen and oxygen atoms in total. The maximum absolute atomic E-state index is 10.1. The molecule has 0 aliphatic rings. The monoisotopic (exact) mass is 210 g/mol. The van der Waals surface area contributed by atoms with Crippen LogP contribution in [0.25, 0.3) is 0 Å². The van der Waals surface area contributed by atoms with E-state index in [0.717, 1.165) is 11.1 Å². The fourth-order valence-electron chi connectivity index (χ4n) is 1.30. The lowest BCUT2D eigenvalue weighted by atomic mass is 10.1. The molecule has 1 aromatic rings. The van der Waals surface area contributed by atoms with E-state index in [9.17, 15) is 4.79 Å². The number of benzene rings is 1. The summed E-state index contributed by atoms with van der Waals surface area (Å²) in [7, 11) is 3.15. The largest absolute Gasteiger partial charge is 0.493 e. The van der Waals surface area contributed by atoms with E-state index in [1.54, 1.807) is 20.3 Å². The molecule has 0 heterocycles. The molecule has 0 atom stereocenters. The molecule has 15 heavy (non-hydrogen) atoms. The summed E-state index contributed by atoms with van der Waals surface area (Å²) in [5.41, 5.74) is 1.90. The van der Waals surface area contributed by atoms with Crippen LogP contribution in [-0.4, -0.2) is 20.7 Å². The topological polar surface area (TPSA) is 44.8 Å². The minimum absolute atomic E-state index is 0.246. The second-order valence-corrected chi connectivity index (χ2v) is 3.04. The van der Waals surface area contributed by atoms with E-state index in [0.29, 0.717) is 18.0 Å².